The Kier molecular flexibility index (Phi) is 5.68. The van der Waals surface area contributed by atoms with Gasteiger partial charge in [-0.1, -0.05) is 121 Å². The van der Waals surface area contributed by atoms with Gasteiger partial charge >= 0.3 is 0 Å². The first kappa shape index (κ1) is 25.5. The summed E-state index contributed by atoms with van der Waals surface area (Å²) in [7, 11) is -3.04. The smallest absolute Gasteiger partial charge is 0.172 e. The first-order valence-electron chi connectivity index (χ1n) is 14.8. The third kappa shape index (κ3) is 3.64. The zero-order valence-electron chi connectivity index (χ0n) is 23.7. The van der Waals surface area contributed by atoms with Crippen LogP contribution >= 0.6 is 18.5 Å². The predicted octanol–water partition coefficient (Wildman–Crippen LogP) is 9.80. The lowest BCUT2D eigenvalue weighted by Crippen LogP contribution is -2.20. The molecule has 0 amide bonds. The number of benzene rings is 6. The van der Waals surface area contributed by atoms with Gasteiger partial charge in [-0.2, -0.15) is 0 Å². The highest BCUT2D eigenvalue weighted by Crippen LogP contribution is 2.54. The van der Waals surface area contributed by atoms with Gasteiger partial charge in [-0.05, 0) is 53.1 Å². The molecule has 1 aliphatic heterocycles. The largest absolute Gasteiger partial charge is 0.309 e. The number of para-hydroxylation sites is 1. The second kappa shape index (κ2) is 9.79. The van der Waals surface area contributed by atoms with Crippen molar-refractivity contribution in [2.75, 3.05) is 0 Å². The molecule has 2 nitrogen and oxygen atoms in total. The minimum atomic E-state index is -3.04. The topological polar surface area (TPSA) is 22.0 Å². The number of fused-ring (bicyclic) bond motifs is 7. The standard InChI is InChI=1S/C40H26NOPS/c42-43(30-13-5-2-6-14-30)35-18-10-8-16-33(35)39-36(43)24-23-32-31-15-7-9-17-34(31)41(40(32)39)29-21-19-28(20-22-29)38-26-25-37(44-38)27-11-3-1-4-12-27/h1-26H. The fraction of sp³-hybridized carbons (Fsp3) is 0. The highest BCUT2D eigenvalue weighted by Gasteiger charge is 2.41. The average Bonchev–Trinajstić information content (AvgIpc) is 3.79. The molecule has 0 saturated heterocycles. The van der Waals surface area contributed by atoms with Crippen molar-refractivity contribution in [2.45, 2.75) is 0 Å². The summed E-state index contributed by atoms with van der Waals surface area (Å²) in [5.74, 6) is 0. The molecule has 1 aliphatic rings. The van der Waals surface area contributed by atoms with Crippen molar-refractivity contribution in [3.05, 3.63) is 158 Å². The van der Waals surface area contributed by atoms with Crippen LogP contribution < -0.4 is 15.9 Å². The van der Waals surface area contributed by atoms with Crippen LogP contribution in [0.15, 0.2) is 158 Å². The fourth-order valence-electron chi connectivity index (χ4n) is 6.87. The second-order valence-corrected chi connectivity index (χ2v) is 15.0. The van der Waals surface area contributed by atoms with Gasteiger partial charge in [-0.3, -0.25) is 0 Å². The molecule has 2 aromatic heterocycles. The molecule has 1 unspecified atom stereocenters. The Morgan fingerprint density at radius 3 is 1.91 bits per heavy atom. The van der Waals surface area contributed by atoms with Crippen LogP contribution in [0.4, 0.5) is 0 Å². The lowest BCUT2D eigenvalue weighted by atomic mass is 10.0. The van der Waals surface area contributed by atoms with Crippen molar-refractivity contribution in [1.29, 1.82) is 0 Å². The molecule has 0 fully saturated rings. The van der Waals surface area contributed by atoms with Crippen molar-refractivity contribution in [3.63, 3.8) is 0 Å². The van der Waals surface area contributed by atoms with Crippen molar-refractivity contribution >= 4 is 56.2 Å². The number of aromatic nitrogens is 1. The summed E-state index contributed by atoms with van der Waals surface area (Å²) < 4.78 is 17.6. The molecule has 3 heterocycles. The maximum Gasteiger partial charge on any atom is 0.172 e. The van der Waals surface area contributed by atoms with Crippen molar-refractivity contribution in [1.82, 2.24) is 4.57 Å². The van der Waals surface area contributed by atoms with Crippen LogP contribution in [-0.2, 0) is 4.57 Å². The molecule has 44 heavy (non-hydrogen) atoms. The number of hydrogen-bond acceptors (Lipinski definition) is 2. The quantitative estimate of drug-likeness (QED) is 0.185. The highest BCUT2D eigenvalue weighted by molar-refractivity contribution is 7.86. The van der Waals surface area contributed by atoms with Gasteiger partial charge < -0.3 is 9.13 Å². The van der Waals surface area contributed by atoms with E-state index < -0.39 is 7.14 Å². The summed E-state index contributed by atoms with van der Waals surface area (Å²) in [6.45, 7) is 0. The summed E-state index contributed by atoms with van der Waals surface area (Å²) in [6, 6.07) is 55.0. The average molecular weight is 600 g/mol. The van der Waals surface area contributed by atoms with Crippen LogP contribution in [0.1, 0.15) is 0 Å². The van der Waals surface area contributed by atoms with Crippen molar-refractivity contribution < 1.29 is 4.57 Å². The summed E-state index contributed by atoms with van der Waals surface area (Å²) in [6.07, 6.45) is 0. The van der Waals surface area contributed by atoms with Crippen LogP contribution in [-0.4, -0.2) is 4.57 Å². The van der Waals surface area contributed by atoms with E-state index >= 15 is 4.57 Å². The number of rotatable bonds is 4. The zero-order chi connectivity index (χ0) is 29.3. The predicted molar refractivity (Wildman–Crippen MR) is 188 cm³/mol. The van der Waals surface area contributed by atoms with Gasteiger partial charge in [0.25, 0.3) is 0 Å². The van der Waals surface area contributed by atoms with Gasteiger partial charge in [0.15, 0.2) is 7.14 Å². The molecular formula is C40H26NOPS. The molecule has 9 rings (SSSR count). The van der Waals surface area contributed by atoms with Crippen LogP contribution in [0, 0.1) is 0 Å². The fourth-order valence-corrected chi connectivity index (χ4v) is 10.9. The Morgan fingerprint density at radius 2 is 1.14 bits per heavy atom. The van der Waals surface area contributed by atoms with Crippen LogP contribution in [0.5, 0.6) is 0 Å². The van der Waals surface area contributed by atoms with E-state index in [2.05, 4.69) is 126 Å². The molecule has 0 aliphatic carbocycles. The Hall–Kier alpha value is -4.95. The molecule has 208 valence electrons. The van der Waals surface area contributed by atoms with Gasteiger partial charge in [0.1, 0.15) is 0 Å². The van der Waals surface area contributed by atoms with E-state index in [1.165, 1.54) is 31.7 Å². The van der Waals surface area contributed by atoms with Gasteiger partial charge in [-0.15, -0.1) is 11.3 Å². The van der Waals surface area contributed by atoms with E-state index in [1.807, 2.05) is 47.7 Å². The maximum atomic E-state index is 15.3. The molecule has 8 aromatic rings. The van der Waals surface area contributed by atoms with Gasteiger partial charge in [0, 0.05) is 47.7 Å². The molecule has 4 heteroatoms. The third-order valence-corrected chi connectivity index (χ3v) is 13.2. The van der Waals surface area contributed by atoms with E-state index in [1.54, 1.807) is 0 Å². The Bertz CT molecular complexity index is 2400. The van der Waals surface area contributed by atoms with Gasteiger partial charge in [0.2, 0.25) is 0 Å². The lowest BCUT2D eigenvalue weighted by molar-refractivity contribution is 0.593. The molecule has 0 radical (unpaired) electrons. The molecule has 1 atom stereocenters. The second-order valence-electron chi connectivity index (χ2n) is 11.2. The molecular weight excluding hydrogens is 573 g/mol. The van der Waals surface area contributed by atoms with Crippen molar-refractivity contribution in [2.24, 2.45) is 0 Å². The number of thiophene rings is 1. The van der Waals surface area contributed by atoms with E-state index in [4.69, 9.17) is 0 Å². The highest BCUT2D eigenvalue weighted by atomic mass is 32.1. The minimum Gasteiger partial charge on any atom is -0.309 e. The number of nitrogens with zero attached hydrogens (tertiary/aromatic N) is 1. The lowest BCUT2D eigenvalue weighted by Gasteiger charge is -2.16. The molecule has 0 spiro atoms. The summed E-state index contributed by atoms with van der Waals surface area (Å²) >= 11 is 1.82. The SMILES string of the molecule is O=P1(c2ccccc2)c2ccccc2-c2c1ccc1c3ccccc3n(-c3ccc(-c4ccc(-c5ccccc5)s4)cc3)c21. The van der Waals surface area contributed by atoms with Crippen LogP contribution in [0.2, 0.25) is 0 Å². The van der Waals surface area contributed by atoms with Gasteiger partial charge in [0.05, 0.1) is 11.0 Å². The minimum absolute atomic E-state index is 0.878. The molecule has 6 aromatic carbocycles. The first-order chi connectivity index (χ1) is 21.7. The van der Waals surface area contributed by atoms with E-state index in [0.717, 1.165) is 43.8 Å². The van der Waals surface area contributed by atoms with Crippen LogP contribution in [0.3, 0.4) is 0 Å². The van der Waals surface area contributed by atoms with E-state index in [-0.39, 0.29) is 0 Å². The Morgan fingerprint density at radius 1 is 0.500 bits per heavy atom. The summed E-state index contributed by atoms with van der Waals surface area (Å²) in [4.78, 5) is 2.51. The first-order valence-corrected chi connectivity index (χ1v) is 17.3. The molecule has 0 bridgehead atoms. The van der Waals surface area contributed by atoms with Gasteiger partial charge in [-0.25, -0.2) is 0 Å². The molecule has 0 N–H and O–H groups in total. The monoisotopic (exact) mass is 599 g/mol. The number of hydrogen-bond donors (Lipinski definition) is 0. The summed E-state index contributed by atoms with van der Waals surface area (Å²) in [5.41, 5.74) is 7.93. The third-order valence-electron chi connectivity index (χ3n) is 8.86. The zero-order valence-corrected chi connectivity index (χ0v) is 25.4. The Labute approximate surface area is 259 Å². The van der Waals surface area contributed by atoms with Crippen molar-refractivity contribution in [3.8, 4) is 37.7 Å². The Balaban J connectivity index is 1.27. The maximum absolute atomic E-state index is 15.3. The summed E-state index contributed by atoms with van der Waals surface area (Å²) in [5, 5.41) is 5.09. The molecule has 0 saturated carbocycles. The van der Waals surface area contributed by atoms with E-state index in [9.17, 15) is 0 Å². The normalized spacial score (nSPS) is 15.5. The van der Waals surface area contributed by atoms with Crippen LogP contribution in [0.25, 0.3) is 59.5 Å². The van der Waals surface area contributed by atoms with E-state index in [0.29, 0.717) is 0 Å².